The molecule has 0 aliphatic heterocycles. The van der Waals surface area contributed by atoms with Gasteiger partial charge in [0.15, 0.2) is 0 Å². The molecule has 0 aliphatic carbocycles. The molecule has 0 saturated heterocycles. The van der Waals surface area contributed by atoms with Crippen LogP contribution in [0.5, 0.6) is 0 Å². The van der Waals surface area contributed by atoms with Gasteiger partial charge in [0.25, 0.3) is 0 Å². The standard InChI is InChI=1S/C11H15NO6/c1-8(13)12(9(2)14)6-7-18-11(16)5-4-10(15)17-3/h4-5H,6-7H2,1-3H3. The fourth-order valence-electron chi connectivity index (χ4n) is 1.03. The molecule has 0 aromatic heterocycles. The van der Waals surface area contributed by atoms with Gasteiger partial charge in [0, 0.05) is 26.0 Å². The van der Waals surface area contributed by atoms with Gasteiger partial charge < -0.3 is 9.47 Å². The number of carbonyl (C=O) groups is 4. The lowest BCUT2D eigenvalue weighted by atomic mass is 10.4. The third-order valence-corrected chi connectivity index (χ3v) is 1.88. The minimum atomic E-state index is -0.757. The molecule has 0 rings (SSSR count). The molecule has 0 N–H and O–H groups in total. The van der Waals surface area contributed by atoms with E-state index in [-0.39, 0.29) is 13.2 Å². The molecular formula is C11H15NO6. The maximum absolute atomic E-state index is 11.1. The fraction of sp³-hybridized carbons (Fsp3) is 0.455. The first kappa shape index (κ1) is 15.8. The molecule has 2 amide bonds. The van der Waals surface area contributed by atoms with Gasteiger partial charge in [0.2, 0.25) is 11.8 Å². The number of ether oxygens (including phenoxy) is 2. The molecule has 100 valence electrons. The van der Waals surface area contributed by atoms with E-state index in [1.165, 1.54) is 21.0 Å². The third kappa shape index (κ3) is 6.41. The molecule has 7 heteroatoms. The maximum atomic E-state index is 11.1. The van der Waals surface area contributed by atoms with Crippen molar-refractivity contribution in [2.24, 2.45) is 0 Å². The largest absolute Gasteiger partial charge is 0.466 e. The number of esters is 2. The Hall–Kier alpha value is -2.18. The SMILES string of the molecule is COC(=O)C=CC(=O)OCCN(C(C)=O)C(C)=O. The minimum absolute atomic E-state index is 0.0253. The van der Waals surface area contributed by atoms with E-state index < -0.39 is 23.8 Å². The van der Waals surface area contributed by atoms with Crippen molar-refractivity contribution in [3.05, 3.63) is 12.2 Å². The van der Waals surface area contributed by atoms with E-state index in [1.54, 1.807) is 0 Å². The van der Waals surface area contributed by atoms with Gasteiger partial charge in [0.1, 0.15) is 6.61 Å². The van der Waals surface area contributed by atoms with Gasteiger partial charge in [-0.1, -0.05) is 0 Å². The van der Waals surface area contributed by atoms with Crippen LogP contribution in [0.3, 0.4) is 0 Å². The molecule has 0 aromatic rings. The van der Waals surface area contributed by atoms with Crippen LogP contribution in [0.2, 0.25) is 0 Å². The maximum Gasteiger partial charge on any atom is 0.331 e. The average molecular weight is 257 g/mol. The lowest BCUT2D eigenvalue weighted by molar-refractivity contribution is -0.146. The summed E-state index contributed by atoms with van der Waals surface area (Å²) in [5.74, 6) is -2.29. The van der Waals surface area contributed by atoms with Crippen LogP contribution in [0, 0.1) is 0 Å². The summed E-state index contributed by atoms with van der Waals surface area (Å²) in [6.07, 6.45) is 1.81. The molecule has 0 heterocycles. The Kier molecular flexibility index (Phi) is 7.02. The fourth-order valence-corrected chi connectivity index (χ4v) is 1.03. The van der Waals surface area contributed by atoms with Crippen molar-refractivity contribution in [2.75, 3.05) is 20.3 Å². The molecule has 0 fully saturated rings. The molecule has 0 unspecified atom stereocenters. The van der Waals surface area contributed by atoms with E-state index in [0.29, 0.717) is 0 Å². The summed E-state index contributed by atoms with van der Waals surface area (Å²) in [5, 5.41) is 0. The lowest BCUT2D eigenvalue weighted by Gasteiger charge is -2.16. The summed E-state index contributed by atoms with van der Waals surface area (Å²) in [5.41, 5.74) is 0. The van der Waals surface area contributed by atoms with Crippen LogP contribution in [-0.4, -0.2) is 48.9 Å². The van der Waals surface area contributed by atoms with Crippen LogP contribution in [0.1, 0.15) is 13.8 Å². The van der Waals surface area contributed by atoms with Crippen molar-refractivity contribution >= 4 is 23.8 Å². The highest BCUT2D eigenvalue weighted by molar-refractivity contribution is 5.93. The van der Waals surface area contributed by atoms with E-state index in [0.717, 1.165) is 17.1 Å². The molecule has 0 bridgehead atoms. The van der Waals surface area contributed by atoms with Crippen LogP contribution >= 0.6 is 0 Å². The second-order valence-corrected chi connectivity index (χ2v) is 3.21. The first-order valence-corrected chi connectivity index (χ1v) is 5.10. The van der Waals surface area contributed by atoms with Crippen LogP contribution in [0.15, 0.2) is 12.2 Å². The Labute approximate surface area is 104 Å². The van der Waals surface area contributed by atoms with Crippen molar-refractivity contribution in [1.82, 2.24) is 4.90 Å². The first-order valence-electron chi connectivity index (χ1n) is 5.10. The topological polar surface area (TPSA) is 90.0 Å². The van der Waals surface area contributed by atoms with E-state index >= 15 is 0 Å². The molecule has 0 saturated carbocycles. The van der Waals surface area contributed by atoms with Gasteiger partial charge in [-0.3, -0.25) is 14.5 Å². The predicted octanol–water partition coefficient (Wildman–Crippen LogP) is -0.346. The number of hydrogen-bond acceptors (Lipinski definition) is 6. The monoisotopic (exact) mass is 257 g/mol. The summed E-state index contributed by atoms with van der Waals surface area (Å²) in [6, 6.07) is 0. The number of imide groups is 1. The van der Waals surface area contributed by atoms with Gasteiger partial charge in [-0.15, -0.1) is 0 Å². The van der Waals surface area contributed by atoms with Crippen LogP contribution in [0.4, 0.5) is 0 Å². The predicted molar refractivity (Wildman–Crippen MR) is 60.2 cm³/mol. The second-order valence-electron chi connectivity index (χ2n) is 3.21. The van der Waals surface area contributed by atoms with Gasteiger partial charge >= 0.3 is 11.9 Å². The second kappa shape index (κ2) is 7.99. The molecule has 18 heavy (non-hydrogen) atoms. The molecule has 7 nitrogen and oxygen atoms in total. The van der Waals surface area contributed by atoms with Crippen molar-refractivity contribution in [3.63, 3.8) is 0 Å². The zero-order chi connectivity index (χ0) is 14.1. The number of methoxy groups -OCH3 is 1. The number of rotatable bonds is 5. The van der Waals surface area contributed by atoms with E-state index in [4.69, 9.17) is 0 Å². The number of hydrogen-bond donors (Lipinski definition) is 0. The van der Waals surface area contributed by atoms with Gasteiger partial charge in [-0.25, -0.2) is 9.59 Å². The Morgan fingerprint density at radius 1 is 1.00 bits per heavy atom. The summed E-state index contributed by atoms with van der Waals surface area (Å²) >= 11 is 0. The van der Waals surface area contributed by atoms with Crippen molar-refractivity contribution in [1.29, 1.82) is 0 Å². The highest BCUT2D eigenvalue weighted by Crippen LogP contribution is 1.92. The smallest absolute Gasteiger partial charge is 0.331 e. The van der Waals surface area contributed by atoms with Crippen LogP contribution < -0.4 is 0 Å². The van der Waals surface area contributed by atoms with Gasteiger partial charge in [-0.05, 0) is 0 Å². The van der Waals surface area contributed by atoms with Crippen molar-refractivity contribution < 1.29 is 28.7 Å². The average Bonchev–Trinajstić information content (AvgIpc) is 2.30. The van der Waals surface area contributed by atoms with Gasteiger partial charge in [-0.2, -0.15) is 0 Å². The Balaban J connectivity index is 4.07. The lowest BCUT2D eigenvalue weighted by Crippen LogP contribution is -2.36. The number of carbonyl (C=O) groups excluding carboxylic acids is 4. The molecule has 0 spiro atoms. The van der Waals surface area contributed by atoms with Gasteiger partial charge in [0.05, 0.1) is 13.7 Å². The van der Waals surface area contributed by atoms with Crippen molar-refractivity contribution in [3.8, 4) is 0 Å². The number of amides is 2. The summed E-state index contributed by atoms with van der Waals surface area (Å²) < 4.78 is 8.96. The van der Waals surface area contributed by atoms with E-state index in [9.17, 15) is 19.2 Å². The third-order valence-electron chi connectivity index (χ3n) is 1.88. The molecule has 0 aliphatic rings. The zero-order valence-corrected chi connectivity index (χ0v) is 10.5. The molecular weight excluding hydrogens is 242 g/mol. The molecule has 0 aromatic carbocycles. The molecule has 0 radical (unpaired) electrons. The van der Waals surface area contributed by atoms with Crippen LogP contribution in [-0.2, 0) is 28.7 Å². The van der Waals surface area contributed by atoms with Crippen molar-refractivity contribution in [2.45, 2.75) is 13.8 Å². The van der Waals surface area contributed by atoms with E-state index in [1.807, 2.05) is 0 Å². The Morgan fingerprint density at radius 3 is 1.94 bits per heavy atom. The quantitative estimate of drug-likeness (QED) is 0.494. The number of nitrogens with zero attached hydrogens (tertiary/aromatic N) is 1. The summed E-state index contributed by atoms with van der Waals surface area (Å²) in [7, 11) is 1.18. The summed E-state index contributed by atoms with van der Waals surface area (Å²) in [4.78, 5) is 44.7. The Bertz CT molecular complexity index is 360. The van der Waals surface area contributed by atoms with Crippen LogP contribution in [0.25, 0.3) is 0 Å². The summed E-state index contributed by atoms with van der Waals surface area (Å²) in [6.45, 7) is 2.31. The zero-order valence-electron chi connectivity index (χ0n) is 10.5. The molecule has 0 atom stereocenters. The highest BCUT2D eigenvalue weighted by atomic mass is 16.5. The normalized spacial score (nSPS) is 9.94. The first-order chi connectivity index (χ1) is 8.38. The highest BCUT2D eigenvalue weighted by Gasteiger charge is 2.13. The Morgan fingerprint density at radius 2 is 1.50 bits per heavy atom. The minimum Gasteiger partial charge on any atom is -0.466 e. The van der Waals surface area contributed by atoms with E-state index in [2.05, 4.69) is 9.47 Å².